The van der Waals surface area contributed by atoms with Crippen molar-refractivity contribution in [2.24, 2.45) is 0 Å². The number of carbonyl (C=O) groups excluding carboxylic acids is 1. The van der Waals surface area contributed by atoms with Gasteiger partial charge in [0.25, 0.3) is 0 Å². The van der Waals surface area contributed by atoms with Crippen molar-refractivity contribution in [3.63, 3.8) is 0 Å². The van der Waals surface area contributed by atoms with Gasteiger partial charge >= 0.3 is 12.0 Å². The smallest absolute Gasteiger partial charge is 0.319 e. The van der Waals surface area contributed by atoms with Crippen molar-refractivity contribution in [2.45, 2.75) is 44.6 Å². The minimum absolute atomic E-state index is 0.0155. The second kappa shape index (κ2) is 10.8. The molecule has 2 aromatic carbocycles. The van der Waals surface area contributed by atoms with E-state index in [9.17, 15) is 9.90 Å². The topological polar surface area (TPSA) is 110 Å². The zero-order valence-electron chi connectivity index (χ0n) is 22.5. The summed E-state index contributed by atoms with van der Waals surface area (Å²) in [6.45, 7) is 4.65. The van der Waals surface area contributed by atoms with Gasteiger partial charge in [0, 0.05) is 25.2 Å². The summed E-state index contributed by atoms with van der Waals surface area (Å²) in [4.78, 5) is 27.2. The molecule has 0 amide bonds. The first kappa shape index (κ1) is 26.2. The Bertz CT molecular complexity index is 1570. The van der Waals surface area contributed by atoms with Crippen LogP contribution in [0, 0.1) is 5.82 Å². The van der Waals surface area contributed by atoms with Gasteiger partial charge < -0.3 is 19.9 Å². The van der Waals surface area contributed by atoms with Crippen LogP contribution in [0.5, 0.6) is 11.8 Å². The van der Waals surface area contributed by atoms with Crippen molar-refractivity contribution in [1.82, 2.24) is 19.9 Å². The van der Waals surface area contributed by atoms with Crippen LogP contribution in [-0.4, -0.2) is 69.3 Å². The number of ether oxygens (including phenoxy) is 2. The molecule has 2 aliphatic heterocycles. The molecular formula is C30H32FN5O4. The quantitative estimate of drug-likeness (QED) is 0.220. The molecule has 0 saturated carbocycles. The van der Waals surface area contributed by atoms with Gasteiger partial charge in [-0.05, 0) is 68.1 Å². The SMILES string of the molecule is CC(=O)OCCCNc1nc(OCC23CCCN2CCC3)nc2c(F)c(-c3cc(O)cc4ccccc34)ncc12. The van der Waals surface area contributed by atoms with Crippen LogP contribution >= 0.6 is 0 Å². The van der Waals surface area contributed by atoms with Gasteiger partial charge in [-0.1, -0.05) is 24.3 Å². The Balaban J connectivity index is 1.38. The number of pyridine rings is 1. The number of nitrogens with one attached hydrogen (secondary N) is 1. The fourth-order valence-electron chi connectivity index (χ4n) is 6.07. The molecule has 0 bridgehead atoms. The zero-order chi connectivity index (χ0) is 27.7. The van der Waals surface area contributed by atoms with Crippen molar-refractivity contribution in [3.05, 3.63) is 48.4 Å². The Hall–Kier alpha value is -4.05. The summed E-state index contributed by atoms with van der Waals surface area (Å²) in [5.74, 6) is -0.541. The predicted octanol–water partition coefficient (Wildman–Crippen LogP) is 5.06. The van der Waals surface area contributed by atoms with Crippen molar-refractivity contribution < 1.29 is 23.8 Å². The molecule has 2 aliphatic rings. The van der Waals surface area contributed by atoms with Gasteiger partial charge in [0.15, 0.2) is 5.82 Å². The Kier molecular flexibility index (Phi) is 7.10. The van der Waals surface area contributed by atoms with Crippen LogP contribution in [0.25, 0.3) is 32.9 Å². The summed E-state index contributed by atoms with van der Waals surface area (Å²) in [6.07, 6.45) is 6.49. The van der Waals surface area contributed by atoms with E-state index in [1.165, 1.54) is 13.0 Å². The third-order valence-electron chi connectivity index (χ3n) is 7.97. The Morgan fingerprint density at radius 3 is 2.75 bits per heavy atom. The molecule has 2 saturated heterocycles. The molecule has 2 fully saturated rings. The first-order valence-corrected chi connectivity index (χ1v) is 13.8. The molecule has 0 radical (unpaired) electrons. The number of phenols is 1. The highest BCUT2D eigenvalue weighted by Gasteiger charge is 2.45. The van der Waals surface area contributed by atoms with E-state index in [4.69, 9.17) is 9.47 Å². The van der Waals surface area contributed by atoms with Crippen molar-refractivity contribution in [2.75, 3.05) is 38.2 Å². The molecule has 0 unspecified atom stereocenters. The van der Waals surface area contributed by atoms with Gasteiger partial charge in [0.05, 0.1) is 17.5 Å². The number of benzene rings is 2. The largest absolute Gasteiger partial charge is 0.508 e. The number of hydrogen-bond acceptors (Lipinski definition) is 9. The second-order valence-electron chi connectivity index (χ2n) is 10.6. The molecule has 9 nitrogen and oxygen atoms in total. The van der Waals surface area contributed by atoms with Crippen LogP contribution in [0.15, 0.2) is 42.6 Å². The predicted molar refractivity (Wildman–Crippen MR) is 150 cm³/mol. The molecule has 2 aromatic heterocycles. The van der Waals surface area contributed by atoms with Gasteiger partial charge in [-0.3, -0.25) is 14.7 Å². The van der Waals surface area contributed by atoms with E-state index < -0.39 is 5.82 Å². The fraction of sp³-hybridized carbons (Fsp3) is 0.400. The maximum absolute atomic E-state index is 16.3. The summed E-state index contributed by atoms with van der Waals surface area (Å²) in [5.41, 5.74) is 0.621. The van der Waals surface area contributed by atoms with Crippen molar-refractivity contribution >= 4 is 33.5 Å². The van der Waals surface area contributed by atoms with Crippen LogP contribution in [-0.2, 0) is 9.53 Å². The maximum Gasteiger partial charge on any atom is 0.319 e. The number of aromatic hydroxyl groups is 1. The third kappa shape index (κ3) is 4.99. The number of fused-ring (bicyclic) bond motifs is 3. The number of aromatic nitrogens is 3. The monoisotopic (exact) mass is 545 g/mol. The molecule has 4 heterocycles. The number of rotatable bonds is 9. The molecule has 208 valence electrons. The van der Waals surface area contributed by atoms with E-state index in [0.29, 0.717) is 36.3 Å². The Labute approximate surface area is 231 Å². The summed E-state index contributed by atoms with van der Waals surface area (Å²) in [7, 11) is 0. The first-order chi connectivity index (χ1) is 19.4. The lowest BCUT2D eigenvalue weighted by molar-refractivity contribution is -0.140. The standard InChI is InChI=1S/C30H32FN5O4/c1-19(37)39-14-6-11-32-28-24-17-33-26(23-16-21(38)15-20-7-2-3-8-22(20)23)25(31)27(24)34-29(35-28)40-18-30-9-4-12-36(30)13-5-10-30/h2-3,7-8,15-17,38H,4-6,9-14,18H2,1H3,(H,32,34,35). The number of halogens is 1. The van der Waals surface area contributed by atoms with Crippen LogP contribution in [0.2, 0.25) is 0 Å². The lowest BCUT2D eigenvalue weighted by atomic mass is 9.95. The van der Waals surface area contributed by atoms with Crippen LogP contribution in [0.1, 0.15) is 39.0 Å². The highest BCUT2D eigenvalue weighted by atomic mass is 19.1. The van der Waals surface area contributed by atoms with Gasteiger partial charge in [-0.15, -0.1) is 0 Å². The lowest BCUT2D eigenvalue weighted by Gasteiger charge is -2.31. The van der Waals surface area contributed by atoms with Gasteiger partial charge in [-0.2, -0.15) is 9.97 Å². The fourth-order valence-corrected chi connectivity index (χ4v) is 6.07. The average Bonchev–Trinajstić information content (AvgIpc) is 3.52. The minimum atomic E-state index is -0.620. The van der Waals surface area contributed by atoms with Crippen LogP contribution in [0.4, 0.5) is 10.2 Å². The van der Waals surface area contributed by atoms with E-state index >= 15 is 4.39 Å². The normalized spacial score (nSPS) is 16.4. The van der Waals surface area contributed by atoms with Crippen LogP contribution < -0.4 is 10.1 Å². The molecule has 4 aromatic rings. The number of nitrogens with zero attached hydrogens (tertiary/aromatic N) is 4. The first-order valence-electron chi connectivity index (χ1n) is 13.8. The third-order valence-corrected chi connectivity index (χ3v) is 7.97. The number of phenolic OH excluding ortho intramolecular Hbond substituents is 1. The molecular weight excluding hydrogens is 513 g/mol. The molecule has 10 heteroatoms. The average molecular weight is 546 g/mol. The Morgan fingerprint density at radius 1 is 1.15 bits per heavy atom. The van der Waals surface area contributed by atoms with Gasteiger partial charge in [-0.25, -0.2) is 4.39 Å². The molecule has 0 atom stereocenters. The van der Waals surface area contributed by atoms with E-state index in [2.05, 4.69) is 25.2 Å². The zero-order valence-corrected chi connectivity index (χ0v) is 22.5. The number of anilines is 1. The van der Waals surface area contributed by atoms with Crippen molar-refractivity contribution in [1.29, 1.82) is 0 Å². The number of esters is 1. The second-order valence-corrected chi connectivity index (χ2v) is 10.6. The van der Waals surface area contributed by atoms with E-state index in [1.54, 1.807) is 12.3 Å². The van der Waals surface area contributed by atoms with E-state index in [-0.39, 0.29) is 41.1 Å². The molecule has 6 rings (SSSR count). The molecule has 0 aliphatic carbocycles. The minimum Gasteiger partial charge on any atom is -0.508 e. The highest BCUT2D eigenvalue weighted by molar-refractivity contribution is 5.99. The van der Waals surface area contributed by atoms with Gasteiger partial charge in [0.1, 0.15) is 29.4 Å². The van der Waals surface area contributed by atoms with E-state index in [0.717, 1.165) is 49.5 Å². The summed E-state index contributed by atoms with van der Waals surface area (Å²) >= 11 is 0. The summed E-state index contributed by atoms with van der Waals surface area (Å²) in [6, 6.07) is 10.7. The van der Waals surface area contributed by atoms with E-state index in [1.807, 2.05) is 24.3 Å². The van der Waals surface area contributed by atoms with Crippen molar-refractivity contribution in [3.8, 4) is 23.0 Å². The highest BCUT2D eigenvalue weighted by Crippen LogP contribution is 2.40. The lowest BCUT2D eigenvalue weighted by Crippen LogP contribution is -2.43. The molecule has 0 spiro atoms. The molecule has 40 heavy (non-hydrogen) atoms. The number of hydrogen-bond donors (Lipinski definition) is 2. The molecule has 2 N–H and O–H groups in total. The Morgan fingerprint density at radius 2 is 1.95 bits per heavy atom. The summed E-state index contributed by atoms with van der Waals surface area (Å²) < 4.78 is 27.5. The van der Waals surface area contributed by atoms with Crippen LogP contribution in [0.3, 0.4) is 0 Å². The summed E-state index contributed by atoms with van der Waals surface area (Å²) in [5, 5.41) is 15.5. The maximum atomic E-state index is 16.3. The number of carbonyl (C=O) groups is 1. The van der Waals surface area contributed by atoms with Gasteiger partial charge in [0.2, 0.25) is 0 Å².